The van der Waals surface area contributed by atoms with Crippen molar-refractivity contribution in [3.8, 4) is 0 Å². The van der Waals surface area contributed by atoms with E-state index in [0.717, 1.165) is 24.8 Å². The molecule has 0 bridgehead atoms. The molecule has 2 fully saturated rings. The van der Waals surface area contributed by atoms with E-state index in [1.165, 1.54) is 12.8 Å². The average molecular weight is 401 g/mol. The number of ether oxygens (including phenoxy) is 1. The summed E-state index contributed by atoms with van der Waals surface area (Å²) in [4.78, 5) is 26.8. The maximum atomic E-state index is 12.5. The molecule has 1 heterocycles. The molecule has 0 aromatic heterocycles. The third kappa shape index (κ3) is 6.05. The summed E-state index contributed by atoms with van der Waals surface area (Å²) >= 11 is 0. The van der Waals surface area contributed by atoms with Crippen molar-refractivity contribution in [2.45, 2.75) is 65.0 Å². The van der Waals surface area contributed by atoms with Crippen LogP contribution in [0.5, 0.6) is 0 Å². The second-order valence-corrected chi connectivity index (χ2v) is 9.18. The van der Waals surface area contributed by atoms with Gasteiger partial charge in [0.2, 0.25) is 5.91 Å². The average Bonchev–Trinajstić information content (AvgIpc) is 2.73. The monoisotopic (exact) mass is 400 g/mol. The minimum Gasteiger partial charge on any atom is -0.368 e. The van der Waals surface area contributed by atoms with Crippen LogP contribution in [0.25, 0.3) is 0 Å². The van der Waals surface area contributed by atoms with E-state index in [1.54, 1.807) is 0 Å². The molecule has 3 atom stereocenters. The molecule has 5 nitrogen and oxygen atoms in total. The molecule has 2 aliphatic rings. The van der Waals surface area contributed by atoms with Crippen molar-refractivity contribution < 1.29 is 14.3 Å². The van der Waals surface area contributed by atoms with E-state index >= 15 is 0 Å². The number of carbonyl (C=O) groups is 2. The molecule has 3 rings (SSSR count). The van der Waals surface area contributed by atoms with Gasteiger partial charge in [-0.25, -0.2) is 0 Å². The van der Waals surface area contributed by atoms with Crippen molar-refractivity contribution in [1.29, 1.82) is 0 Å². The summed E-state index contributed by atoms with van der Waals surface area (Å²) < 4.78 is 6.07. The van der Waals surface area contributed by atoms with Gasteiger partial charge < -0.3 is 15.0 Å². The first kappa shape index (κ1) is 21.8. The predicted octanol–water partition coefficient (Wildman–Crippen LogP) is 3.88. The van der Waals surface area contributed by atoms with E-state index in [2.05, 4.69) is 26.1 Å². The van der Waals surface area contributed by atoms with Gasteiger partial charge in [-0.3, -0.25) is 9.59 Å². The fourth-order valence-corrected chi connectivity index (χ4v) is 4.75. The zero-order valence-corrected chi connectivity index (χ0v) is 18.1. The molecule has 0 spiro atoms. The van der Waals surface area contributed by atoms with Crippen molar-refractivity contribution in [2.75, 3.05) is 19.7 Å². The van der Waals surface area contributed by atoms with Crippen LogP contribution in [0.3, 0.4) is 0 Å². The van der Waals surface area contributed by atoms with Crippen LogP contribution < -0.4 is 5.32 Å². The number of amides is 2. The summed E-state index contributed by atoms with van der Waals surface area (Å²) in [6.07, 6.45) is 5.28. The fourth-order valence-electron chi connectivity index (χ4n) is 4.75. The van der Waals surface area contributed by atoms with Crippen molar-refractivity contribution >= 4 is 11.8 Å². The Morgan fingerprint density at radius 3 is 2.45 bits per heavy atom. The molecule has 0 radical (unpaired) electrons. The number of piperidine rings is 1. The van der Waals surface area contributed by atoms with Gasteiger partial charge in [-0.05, 0) is 55.6 Å². The zero-order valence-electron chi connectivity index (χ0n) is 18.1. The number of hydrogen-bond acceptors (Lipinski definition) is 3. The van der Waals surface area contributed by atoms with Crippen LogP contribution in [0.15, 0.2) is 30.3 Å². The summed E-state index contributed by atoms with van der Waals surface area (Å²) in [7, 11) is 0. The summed E-state index contributed by atoms with van der Waals surface area (Å²) in [5.74, 6) is 1.85. The first-order valence-electron chi connectivity index (χ1n) is 11.2. The van der Waals surface area contributed by atoms with Crippen LogP contribution in [0.2, 0.25) is 0 Å². The summed E-state index contributed by atoms with van der Waals surface area (Å²) in [5.41, 5.74) is 0.727. The highest BCUT2D eigenvalue weighted by Crippen LogP contribution is 2.35. The standard InChI is InChI=1S/C24H36N2O3/c1-17(2)21-10-9-18(3)15-22(21)29-16-23(27)25-20-11-13-26(14-12-20)24(28)19-7-5-4-6-8-19/h4-8,17-18,20-22H,9-16H2,1-3H3,(H,25,27). The lowest BCUT2D eigenvalue weighted by Gasteiger charge is -2.37. The van der Waals surface area contributed by atoms with E-state index in [9.17, 15) is 9.59 Å². The topological polar surface area (TPSA) is 58.6 Å². The lowest BCUT2D eigenvalue weighted by atomic mass is 9.75. The van der Waals surface area contributed by atoms with Gasteiger partial charge in [-0.2, -0.15) is 0 Å². The van der Waals surface area contributed by atoms with E-state index in [1.807, 2.05) is 35.2 Å². The number of carbonyl (C=O) groups excluding carboxylic acids is 2. The van der Waals surface area contributed by atoms with Gasteiger partial charge in [0.25, 0.3) is 5.91 Å². The van der Waals surface area contributed by atoms with Crippen LogP contribution in [0.1, 0.15) is 63.2 Å². The lowest BCUT2D eigenvalue weighted by Crippen LogP contribution is -2.47. The Morgan fingerprint density at radius 2 is 1.79 bits per heavy atom. The first-order valence-corrected chi connectivity index (χ1v) is 11.2. The smallest absolute Gasteiger partial charge is 0.253 e. The molecule has 3 unspecified atom stereocenters. The Balaban J connectivity index is 1.41. The van der Waals surface area contributed by atoms with Crippen LogP contribution in [0.4, 0.5) is 0 Å². The highest BCUT2D eigenvalue weighted by molar-refractivity contribution is 5.94. The second-order valence-electron chi connectivity index (χ2n) is 9.18. The normalized spacial score (nSPS) is 25.8. The van der Waals surface area contributed by atoms with Crippen LogP contribution in [-0.4, -0.2) is 48.6 Å². The first-order chi connectivity index (χ1) is 13.9. The molecule has 1 aromatic rings. The number of rotatable bonds is 6. The molecule has 1 aliphatic carbocycles. The maximum Gasteiger partial charge on any atom is 0.253 e. The lowest BCUT2D eigenvalue weighted by molar-refractivity contribution is -0.132. The van der Waals surface area contributed by atoms with Gasteiger partial charge in [0.15, 0.2) is 0 Å². The van der Waals surface area contributed by atoms with Crippen LogP contribution >= 0.6 is 0 Å². The van der Waals surface area contributed by atoms with Crippen molar-refractivity contribution in [3.05, 3.63) is 35.9 Å². The molecule has 1 saturated carbocycles. The minimum atomic E-state index is -0.0291. The van der Waals surface area contributed by atoms with E-state index < -0.39 is 0 Å². The molecular weight excluding hydrogens is 364 g/mol. The van der Waals surface area contributed by atoms with Crippen molar-refractivity contribution in [2.24, 2.45) is 17.8 Å². The quantitative estimate of drug-likeness (QED) is 0.788. The van der Waals surface area contributed by atoms with Gasteiger partial charge in [0.05, 0.1) is 6.10 Å². The second kappa shape index (κ2) is 10.2. The zero-order chi connectivity index (χ0) is 20.8. The highest BCUT2D eigenvalue weighted by Gasteiger charge is 2.32. The van der Waals surface area contributed by atoms with Gasteiger partial charge >= 0.3 is 0 Å². The molecule has 1 saturated heterocycles. The number of hydrogen-bond donors (Lipinski definition) is 1. The summed E-state index contributed by atoms with van der Waals surface area (Å²) in [6.45, 7) is 8.27. The minimum absolute atomic E-state index is 0.0291. The Kier molecular flexibility index (Phi) is 7.70. The summed E-state index contributed by atoms with van der Waals surface area (Å²) in [6, 6.07) is 9.51. The number of likely N-dealkylation sites (tertiary alicyclic amines) is 1. The largest absolute Gasteiger partial charge is 0.368 e. The summed E-state index contributed by atoms with van der Waals surface area (Å²) in [5, 5.41) is 3.11. The number of benzene rings is 1. The van der Waals surface area contributed by atoms with E-state index in [0.29, 0.717) is 30.8 Å². The van der Waals surface area contributed by atoms with Gasteiger partial charge in [-0.1, -0.05) is 45.4 Å². The number of nitrogens with one attached hydrogen (secondary N) is 1. The molecule has 160 valence electrons. The molecule has 1 aromatic carbocycles. The fraction of sp³-hybridized carbons (Fsp3) is 0.667. The van der Waals surface area contributed by atoms with Crippen LogP contribution in [-0.2, 0) is 9.53 Å². The molecule has 5 heteroatoms. The number of nitrogens with zero attached hydrogens (tertiary/aromatic N) is 1. The third-order valence-electron chi connectivity index (χ3n) is 6.56. The molecule has 2 amide bonds. The van der Waals surface area contributed by atoms with E-state index in [-0.39, 0.29) is 30.6 Å². The molecule has 1 aliphatic heterocycles. The van der Waals surface area contributed by atoms with Gasteiger partial charge in [0, 0.05) is 24.7 Å². The highest BCUT2D eigenvalue weighted by atomic mass is 16.5. The van der Waals surface area contributed by atoms with Crippen molar-refractivity contribution in [1.82, 2.24) is 10.2 Å². The van der Waals surface area contributed by atoms with Crippen LogP contribution in [0, 0.1) is 17.8 Å². The maximum absolute atomic E-state index is 12.5. The van der Waals surface area contributed by atoms with Crippen molar-refractivity contribution in [3.63, 3.8) is 0 Å². The van der Waals surface area contributed by atoms with E-state index in [4.69, 9.17) is 4.74 Å². The van der Waals surface area contributed by atoms with Gasteiger partial charge in [0.1, 0.15) is 6.61 Å². The Bertz CT molecular complexity index is 668. The van der Waals surface area contributed by atoms with Gasteiger partial charge in [-0.15, -0.1) is 0 Å². The SMILES string of the molecule is CC1CCC(C(C)C)C(OCC(=O)NC2CCN(C(=O)c3ccccc3)CC2)C1. The Morgan fingerprint density at radius 1 is 1.10 bits per heavy atom. The molecular formula is C24H36N2O3. The predicted molar refractivity (Wildman–Crippen MR) is 115 cm³/mol. The molecule has 1 N–H and O–H groups in total. The third-order valence-corrected chi connectivity index (χ3v) is 6.56. The Labute approximate surface area is 175 Å². The Hall–Kier alpha value is -1.88. The molecule has 29 heavy (non-hydrogen) atoms.